The second-order valence-corrected chi connectivity index (χ2v) is 4.25. The van der Waals surface area contributed by atoms with Gasteiger partial charge in [-0.2, -0.15) is 0 Å². The zero-order valence-corrected chi connectivity index (χ0v) is 11.7. The highest BCUT2D eigenvalue weighted by Crippen LogP contribution is 1.97. The van der Waals surface area contributed by atoms with Crippen molar-refractivity contribution in [2.24, 2.45) is 14.1 Å². The molecule has 0 aliphatic heterocycles. The number of halogens is 1. The molecule has 0 aromatic carbocycles. The van der Waals surface area contributed by atoms with Crippen molar-refractivity contribution in [3.8, 4) is 0 Å². The number of aliphatic hydroxyl groups is 1. The molecular weight excluding hydrogens is 294 g/mol. The fraction of sp³-hybridized carbons (Fsp3) is 0.333. The van der Waals surface area contributed by atoms with Crippen molar-refractivity contribution in [3.05, 3.63) is 27.2 Å². The van der Waals surface area contributed by atoms with Crippen molar-refractivity contribution in [2.75, 3.05) is 6.54 Å². The second-order valence-electron chi connectivity index (χ2n) is 3.51. The molecule has 2 rings (SSSR count). The lowest BCUT2D eigenvalue weighted by Crippen LogP contribution is -2.36. The van der Waals surface area contributed by atoms with E-state index in [-0.39, 0.29) is 22.8 Å². The summed E-state index contributed by atoms with van der Waals surface area (Å²) in [6.45, 7) is 0.177. The molecule has 2 aromatic heterocycles. The largest absolute Gasteiger partial charge is 0.501 e. The number of fused-ring (bicyclic) bond motifs is 1. The van der Waals surface area contributed by atoms with Crippen LogP contribution in [0.4, 0.5) is 0 Å². The van der Waals surface area contributed by atoms with E-state index < -0.39 is 0 Å². The van der Waals surface area contributed by atoms with Crippen LogP contribution in [0, 0.1) is 0 Å². The maximum absolute atomic E-state index is 11.4. The normalized spacial score (nSPS) is 10.1. The summed E-state index contributed by atoms with van der Waals surface area (Å²) >= 11 is 9.10. The van der Waals surface area contributed by atoms with Crippen LogP contribution < -0.4 is 16.1 Å². The minimum absolute atomic E-state index is 0.120. The van der Waals surface area contributed by atoms with E-state index in [1.165, 1.54) is 17.9 Å². The van der Waals surface area contributed by atoms with Gasteiger partial charge >= 0.3 is 5.69 Å². The van der Waals surface area contributed by atoms with Crippen molar-refractivity contribution in [1.29, 1.82) is 0 Å². The standard InChI is InChI=1S/C7H8N4O2.C2H4ClNOS/c1-10-5-4(8-3-9-5)6(12)11(2)7(10)13;3-4-1-2(5)6/h3H,1-2H3,(H,8,9);4H,1H2,(H,5,6). The molecule has 0 saturated carbocycles. The highest BCUT2D eigenvalue weighted by Gasteiger charge is 2.08. The third-order valence-electron chi connectivity index (χ3n) is 2.25. The van der Waals surface area contributed by atoms with Gasteiger partial charge in [0.15, 0.2) is 10.7 Å². The van der Waals surface area contributed by atoms with E-state index in [1.807, 2.05) is 0 Å². The summed E-state index contributed by atoms with van der Waals surface area (Å²) in [5.74, 6) is 0. The smallest absolute Gasteiger partial charge is 0.332 e. The Labute approximate surface area is 117 Å². The monoisotopic (exact) mass is 305 g/mol. The summed E-state index contributed by atoms with van der Waals surface area (Å²) < 4.78 is 2.37. The number of thiocarbonyl (C=S) groups is 1. The first-order valence-electron chi connectivity index (χ1n) is 5.04. The Hall–Kier alpha value is -1.71. The van der Waals surface area contributed by atoms with E-state index in [1.54, 1.807) is 7.05 Å². The van der Waals surface area contributed by atoms with Gasteiger partial charge in [-0.15, -0.1) is 0 Å². The first-order chi connectivity index (χ1) is 8.90. The summed E-state index contributed by atoms with van der Waals surface area (Å²) in [4.78, 5) is 31.5. The molecule has 0 aliphatic rings. The Bertz CT molecular complexity index is 704. The third kappa shape index (κ3) is 3.40. The lowest BCUT2D eigenvalue weighted by Gasteiger charge is -2.00. The molecule has 2 aromatic rings. The van der Waals surface area contributed by atoms with Crippen LogP contribution in [-0.2, 0) is 14.1 Å². The molecule has 19 heavy (non-hydrogen) atoms. The first-order valence-corrected chi connectivity index (χ1v) is 5.83. The summed E-state index contributed by atoms with van der Waals surface area (Å²) in [6.07, 6.45) is 1.39. The molecule has 0 spiro atoms. The molecule has 0 atom stereocenters. The average molecular weight is 306 g/mol. The van der Waals surface area contributed by atoms with Crippen LogP contribution in [-0.4, -0.2) is 35.8 Å². The van der Waals surface area contributed by atoms with Gasteiger partial charge in [0, 0.05) is 14.1 Å². The van der Waals surface area contributed by atoms with Gasteiger partial charge in [-0.05, 0) is 24.0 Å². The maximum Gasteiger partial charge on any atom is 0.332 e. The van der Waals surface area contributed by atoms with Gasteiger partial charge in [0.25, 0.3) is 5.56 Å². The molecule has 0 bridgehead atoms. The number of nitrogens with one attached hydrogen (secondary N) is 2. The number of aromatic amines is 1. The van der Waals surface area contributed by atoms with E-state index in [0.717, 1.165) is 4.57 Å². The Morgan fingerprint density at radius 3 is 2.63 bits per heavy atom. The van der Waals surface area contributed by atoms with E-state index in [0.29, 0.717) is 11.2 Å². The van der Waals surface area contributed by atoms with Crippen molar-refractivity contribution in [3.63, 3.8) is 0 Å². The van der Waals surface area contributed by atoms with E-state index in [2.05, 4.69) is 27.0 Å². The molecule has 10 heteroatoms. The van der Waals surface area contributed by atoms with Gasteiger partial charge in [-0.3, -0.25) is 13.9 Å². The maximum atomic E-state index is 11.4. The highest BCUT2D eigenvalue weighted by atomic mass is 35.5. The number of H-pyrrole nitrogens is 1. The van der Waals surface area contributed by atoms with Crippen LogP contribution in [0.2, 0.25) is 0 Å². The molecule has 0 amide bonds. The number of nitrogens with zero attached hydrogens (tertiary/aromatic N) is 3. The molecule has 104 valence electrons. The van der Waals surface area contributed by atoms with Crippen molar-refractivity contribution >= 4 is 40.2 Å². The van der Waals surface area contributed by atoms with Gasteiger partial charge < -0.3 is 10.1 Å². The number of rotatable bonds is 2. The number of aryl methyl sites for hydroxylation is 1. The topological polar surface area (TPSA) is 105 Å². The predicted octanol–water partition coefficient (Wildman–Crippen LogP) is -0.424. The summed E-state index contributed by atoms with van der Waals surface area (Å²) in [6, 6.07) is 0. The lowest BCUT2D eigenvalue weighted by molar-refractivity contribution is 0.555. The number of hydrogen-bond acceptors (Lipinski definition) is 5. The van der Waals surface area contributed by atoms with Gasteiger partial charge in [0.1, 0.15) is 5.52 Å². The molecule has 3 N–H and O–H groups in total. The summed E-state index contributed by atoms with van der Waals surface area (Å²) in [5.41, 5.74) is 0.0119. The molecule has 0 fully saturated rings. The highest BCUT2D eigenvalue weighted by molar-refractivity contribution is 7.80. The molecule has 8 nitrogen and oxygen atoms in total. The van der Waals surface area contributed by atoms with Crippen LogP contribution in [0.1, 0.15) is 0 Å². The van der Waals surface area contributed by atoms with E-state index in [4.69, 9.17) is 16.9 Å². The molecule has 0 aliphatic carbocycles. The zero-order valence-electron chi connectivity index (χ0n) is 10.2. The van der Waals surface area contributed by atoms with Crippen LogP contribution in [0.5, 0.6) is 0 Å². The number of aliphatic hydroxyl groups excluding tert-OH is 1. The van der Waals surface area contributed by atoms with E-state index in [9.17, 15) is 9.59 Å². The predicted molar refractivity (Wildman–Crippen MR) is 75.7 cm³/mol. The number of aromatic nitrogens is 4. The summed E-state index contributed by atoms with van der Waals surface area (Å²) in [7, 11) is 3.01. The zero-order chi connectivity index (χ0) is 14.6. The Morgan fingerprint density at radius 1 is 1.53 bits per heavy atom. The second kappa shape index (κ2) is 6.45. The fourth-order valence-electron chi connectivity index (χ4n) is 1.33. The average Bonchev–Trinajstić information content (AvgIpc) is 2.83. The van der Waals surface area contributed by atoms with Gasteiger partial charge in [-0.25, -0.2) is 14.6 Å². The van der Waals surface area contributed by atoms with Crippen molar-refractivity contribution < 1.29 is 5.11 Å². The Kier molecular flexibility index (Phi) is 5.21. The van der Waals surface area contributed by atoms with Gasteiger partial charge in [-0.1, -0.05) is 0 Å². The van der Waals surface area contributed by atoms with Crippen LogP contribution in [0.3, 0.4) is 0 Å². The fourth-order valence-corrected chi connectivity index (χ4v) is 1.60. The first kappa shape index (κ1) is 15.3. The third-order valence-corrected chi connectivity index (χ3v) is 2.53. The van der Waals surface area contributed by atoms with Crippen molar-refractivity contribution in [2.45, 2.75) is 0 Å². The lowest BCUT2D eigenvalue weighted by atomic mass is 10.5. The molecular formula is C9H12ClN5O3S. The molecule has 0 unspecified atom stereocenters. The van der Waals surface area contributed by atoms with Gasteiger partial charge in [0.2, 0.25) is 0 Å². The van der Waals surface area contributed by atoms with Crippen LogP contribution >= 0.6 is 24.0 Å². The molecule has 0 radical (unpaired) electrons. The SMILES string of the molecule is Cn1c(=O)c2[nH]cnc2n(C)c1=O.OC(=S)CNCl. The minimum atomic E-state index is -0.371. The van der Waals surface area contributed by atoms with E-state index >= 15 is 0 Å². The molecule has 2 heterocycles. The van der Waals surface area contributed by atoms with Crippen LogP contribution in [0.25, 0.3) is 11.2 Å². The van der Waals surface area contributed by atoms with Crippen molar-refractivity contribution in [1.82, 2.24) is 23.9 Å². The van der Waals surface area contributed by atoms with Crippen LogP contribution in [0.15, 0.2) is 15.9 Å². The number of hydrogen-bond donors (Lipinski definition) is 3. The quantitative estimate of drug-likeness (QED) is 0.514. The van der Waals surface area contributed by atoms with Gasteiger partial charge in [0.05, 0.1) is 12.9 Å². The minimum Gasteiger partial charge on any atom is -0.501 e. The Morgan fingerprint density at radius 2 is 2.16 bits per heavy atom. The summed E-state index contributed by atoms with van der Waals surface area (Å²) in [5, 5.41) is 8.02. The Balaban J connectivity index is 0.000000258. The molecule has 0 saturated heterocycles. The number of imidazole rings is 1.